The second kappa shape index (κ2) is 12.4. The van der Waals surface area contributed by atoms with Crippen molar-refractivity contribution < 1.29 is 27.1 Å². The maximum atomic E-state index is 13.6. The van der Waals surface area contributed by atoms with E-state index in [4.69, 9.17) is 15.2 Å². The lowest BCUT2D eigenvalue weighted by Gasteiger charge is -2.09. The molecule has 27 heavy (non-hydrogen) atoms. The average Bonchev–Trinajstić information content (AvgIpc) is 2.64. The van der Waals surface area contributed by atoms with E-state index in [1.165, 1.54) is 12.1 Å². The van der Waals surface area contributed by atoms with Gasteiger partial charge in [0.25, 0.3) is 0 Å². The molecule has 1 aromatic rings. The zero-order chi connectivity index (χ0) is 20.1. The summed E-state index contributed by atoms with van der Waals surface area (Å²) in [7, 11) is -3.39. The molecule has 3 N–H and O–H groups in total. The van der Waals surface area contributed by atoms with E-state index < -0.39 is 21.8 Å². The summed E-state index contributed by atoms with van der Waals surface area (Å²) >= 11 is 0. The predicted molar refractivity (Wildman–Crippen MR) is 101 cm³/mol. The van der Waals surface area contributed by atoms with Gasteiger partial charge in [0.05, 0.1) is 18.9 Å². The van der Waals surface area contributed by atoms with E-state index in [1.807, 2.05) is 0 Å². The summed E-state index contributed by atoms with van der Waals surface area (Å²) in [5, 5.41) is 0. The number of halogens is 1. The quantitative estimate of drug-likeness (QED) is 0.278. The van der Waals surface area contributed by atoms with Crippen LogP contribution in [0, 0.1) is 5.82 Å². The molecule has 1 aromatic carbocycles. The maximum Gasteiger partial charge on any atom is 0.319 e. The summed E-state index contributed by atoms with van der Waals surface area (Å²) in [5.74, 6) is -0.832. The molecule has 1 rings (SSSR count). The minimum atomic E-state index is -3.39. The highest BCUT2D eigenvalue weighted by Gasteiger charge is 2.10. The van der Waals surface area contributed by atoms with Crippen LogP contribution < -0.4 is 15.2 Å². The minimum absolute atomic E-state index is 0.00501. The number of sulfonamides is 1. The van der Waals surface area contributed by atoms with Gasteiger partial charge in [-0.1, -0.05) is 18.7 Å². The van der Waals surface area contributed by atoms with Gasteiger partial charge in [0.1, 0.15) is 6.61 Å². The van der Waals surface area contributed by atoms with Crippen LogP contribution in [0.2, 0.25) is 0 Å². The minimum Gasteiger partial charge on any atom is -0.486 e. The highest BCUT2D eigenvalue weighted by atomic mass is 32.2. The Morgan fingerprint density at radius 2 is 2.07 bits per heavy atom. The average molecular weight is 402 g/mol. The molecular formula is C18H27FN2O5S. The fourth-order valence-corrected chi connectivity index (χ4v) is 3.34. The molecular weight excluding hydrogens is 375 g/mol. The number of carbonyl (C=O) groups excluding carboxylic acids is 1. The fraction of sp³-hybridized carbons (Fsp3) is 0.500. The number of hydrogen-bond donors (Lipinski definition) is 2. The lowest BCUT2D eigenvalue weighted by molar-refractivity contribution is -0.142. The number of rotatable bonds is 14. The van der Waals surface area contributed by atoms with Crippen molar-refractivity contribution in [2.45, 2.75) is 25.7 Å². The number of carbonyl (C=O) groups is 1. The van der Waals surface area contributed by atoms with Crippen molar-refractivity contribution in [2.75, 3.05) is 32.1 Å². The Bertz CT molecular complexity index is 710. The first-order valence-electron chi connectivity index (χ1n) is 8.73. The first-order valence-corrected chi connectivity index (χ1v) is 10.4. The molecule has 0 bridgehead atoms. The Morgan fingerprint density at radius 3 is 2.78 bits per heavy atom. The molecule has 0 aliphatic heterocycles. The van der Waals surface area contributed by atoms with E-state index in [2.05, 4.69) is 11.3 Å². The van der Waals surface area contributed by atoms with Gasteiger partial charge in [-0.15, -0.1) is 0 Å². The molecule has 0 atom stereocenters. The van der Waals surface area contributed by atoms with Crippen LogP contribution in [0.1, 0.15) is 24.8 Å². The van der Waals surface area contributed by atoms with Gasteiger partial charge >= 0.3 is 5.97 Å². The summed E-state index contributed by atoms with van der Waals surface area (Å²) < 4.78 is 50.1. The summed E-state index contributed by atoms with van der Waals surface area (Å²) in [6.07, 6.45) is 3.61. The number of nitrogens with one attached hydrogen (secondary N) is 1. The SMILES string of the molecule is C=CCOc1cc(CCNS(=O)(=O)CCCCCOC(=O)CN)ccc1F. The molecule has 0 aromatic heterocycles. The van der Waals surface area contributed by atoms with Crippen LogP contribution in [0.4, 0.5) is 4.39 Å². The molecule has 0 unspecified atom stereocenters. The van der Waals surface area contributed by atoms with Crippen molar-refractivity contribution in [3.8, 4) is 5.75 Å². The van der Waals surface area contributed by atoms with Gasteiger partial charge in [-0.3, -0.25) is 4.79 Å². The van der Waals surface area contributed by atoms with Crippen molar-refractivity contribution in [3.63, 3.8) is 0 Å². The number of benzene rings is 1. The van der Waals surface area contributed by atoms with E-state index in [1.54, 1.807) is 12.1 Å². The lowest BCUT2D eigenvalue weighted by Crippen LogP contribution is -2.28. The molecule has 0 heterocycles. The Morgan fingerprint density at radius 1 is 1.30 bits per heavy atom. The van der Waals surface area contributed by atoms with Crippen molar-refractivity contribution in [1.29, 1.82) is 0 Å². The molecule has 0 amide bonds. The van der Waals surface area contributed by atoms with Crippen LogP contribution in [0.3, 0.4) is 0 Å². The fourth-order valence-electron chi connectivity index (χ4n) is 2.20. The summed E-state index contributed by atoms with van der Waals surface area (Å²) in [5.41, 5.74) is 5.87. The highest BCUT2D eigenvalue weighted by molar-refractivity contribution is 7.89. The number of hydrogen-bond acceptors (Lipinski definition) is 6. The highest BCUT2D eigenvalue weighted by Crippen LogP contribution is 2.19. The lowest BCUT2D eigenvalue weighted by atomic mass is 10.1. The molecule has 152 valence electrons. The third-order valence-electron chi connectivity index (χ3n) is 3.58. The zero-order valence-electron chi connectivity index (χ0n) is 15.3. The third kappa shape index (κ3) is 10.1. The van der Waals surface area contributed by atoms with Crippen LogP contribution in [-0.4, -0.2) is 46.4 Å². The van der Waals surface area contributed by atoms with Crippen molar-refractivity contribution in [1.82, 2.24) is 4.72 Å². The molecule has 9 heteroatoms. The maximum absolute atomic E-state index is 13.6. The number of ether oxygens (including phenoxy) is 2. The number of esters is 1. The Hall–Kier alpha value is -1.97. The van der Waals surface area contributed by atoms with Gasteiger partial charge in [-0.25, -0.2) is 17.5 Å². The number of unbranched alkanes of at least 4 members (excludes halogenated alkanes) is 2. The molecule has 0 fully saturated rings. The normalized spacial score (nSPS) is 11.2. The van der Waals surface area contributed by atoms with Crippen molar-refractivity contribution in [2.24, 2.45) is 5.73 Å². The van der Waals surface area contributed by atoms with Crippen LogP contribution in [0.25, 0.3) is 0 Å². The van der Waals surface area contributed by atoms with E-state index >= 15 is 0 Å². The first-order chi connectivity index (χ1) is 12.9. The largest absolute Gasteiger partial charge is 0.486 e. The molecule has 0 saturated heterocycles. The smallest absolute Gasteiger partial charge is 0.319 e. The predicted octanol–water partition coefficient (Wildman–Crippen LogP) is 1.52. The van der Waals surface area contributed by atoms with Crippen LogP contribution >= 0.6 is 0 Å². The molecule has 0 aliphatic carbocycles. The van der Waals surface area contributed by atoms with Gasteiger partial charge in [-0.2, -0.15) is 0 Å². The first kappa shape index (κ1) is 23.1. The van der Waals surface area contributed by atoms with Crippen molar-refractivity contribution in [3.05, 3.63) is 42.2 Å². The van der Waals surface area contributed by atoms with Crippen LogP contribution in [0.5, 0.6) is 5.75 Å². The Kier molecular flexibility index (Phi) is 10.6. The second-order valence-electron chi connectivity index (χ2n) is 5.81. The summed E-state index contributed by atoms with van der Waals surface area (Å²) in [6, 6.07) is 4.43. The molecule has 7 nitrogen and oxygen atoms in total. The Balaban J connectivity index is 2.29. The standard InChI is InChI=1S/C18H27FN2O5S/c1-2-10-25-17-13-15(6-7-16(17)19)8-9-21-27(23,24)12-5-3-4-11-26-18(22)14-20/h2,6-7,13,21H,1,3-5,8-12,14,20H2. The topological polar surface area (TPSA) is 108 Å². The van der Waals surface area contributed by atoms with E-state index in [0.29, 0.717) is 25.7 Å². The third-order valence-corrected chi connectivity index (χ3v) is 5.05. The molecule has 0 radical (unpaired) electrons. The Labute approximate surface area is 159 Å². The van der Waals surface area contributed by atoms with Gasteiger partial charge < -0.3 is 15.2 Å². The van der Waals surface area contributed by atoms with Gasteiger partial charge in [0.2, 0.25) is 10.0 Å². The van der Waals surface area contributed by atoms with E-state index in [0.717, 1.165) is 5.56 Å². The van der Waals surface area contributed by atoms with Crippen LogP contribution in [-0.2, 0) is 26.0 Å². The second-order valence-corrected chi connectivity index (χ2v) is 7.74. The van der Waals surface area contributed by atoms with Gasteiger partial charge in [0.15, 0.2) is 11.6 Å². The van der Waals surface area contributed by atoms with E-state index in [-0.39, 0.29) is 37.8 Å². The van der Waals surface area contributed by atoms with Crippen molar-refractivity contribution >= 4 is 16.0 Å². The zero-order valence-corrected chi connectivity index (χ0v) is 16.1. The van der Waals surface area contributed by atoms with Gasteiger partial charge in [-0.05, 0) is 43.4 Å². The molecule has 0 aliphatic rings. The summed E-state index contributed by atoms with van der Waals surface area (Å²) in [6.45, 7) is 3.99. The molecule has 0 saturated carbocycles. The monoisotopic (exact) mass is 402 g/mol. The molecule has 0 spiro atoms. The van der Waals surface area contributed by atoms with Gasteiger partial charge in [0, 0.05) is 6.54 Å². The number of nitrogens with two attached hydrogens (primary N) is 1. The van der Waals surface area contributed by atoms with Crippen LogP contribution in [0.15, 0.2) is 30.9 Å². The van der Waals surface area contributed by atoms with E-state index in [9.17, 15) is 17.6 Å². The summed E-state index contributed by atoms with van der Waals surface area (Å²) in [4.78, 5) is 10.8.